The van der Waals surface area contributed by atoms with Gasteiger partial charge in [-0.1, -0.05) is 115 Å². The Hall–Kier alpha value is -5.42. The summed E-state index contributed by atoms with van der Waals surface area (Å²) in [7, 11) is 0. The number of nitrogens with zero attached hydrogens (tertiary/aromatic N) is 1. The van der Waals surface area contributed by atoms with Gasteiger partial charge in [0.15, 0.2) is 28.7 Å². The van der Waals surface area contributed by atoms with Gasteiger partial charge < -0.3 is 4.90 Å². The van der Waals surface area contributed by atoms with Crippen molar-refractivity contribution in [2.24, 2.45) is 5.41 Å². The lowest BCUT2D eigenvalue weighted by atomic mass is 9.59. The quantitative estimate of drug-likeness (QED) is 0.204. The van der Waals surface area contributed by atoms with Gasteiger partial charge in [-0.25, -0.2) is 0 Å². The predicted molar refractivity (Wildman–Crippen MR) is 172 cm³/mol. The van der Waals surface area contributed by atoms with Gasteiger partial charge in [-0.3, -0.25) is 19.2 Å². The van der Waals surface area contributed by atoms with Crippen LogP contribution in [-0.2, 0) is 0 Å². The third-order valence-corrected chi connectivity index (χ3v) is 10.2. The number of rotatable bonds is 3. The van der Waals surface area contributed by atoms with Gasteiger partial charge in [0.05, 0.1) is 6.04 Å². The largest absolute Gasteiger partial charge is 0.343 e. The van der Waals surface area contributed by atoms with Crippen LogP contribution in [0.15, 0.2) is 127 Å². The van der Waals surface area contributed by atoms with Crippen LogP contribution in [0.25, 0.3) is 0 Å². The van der Waals surface area contributed by atoms with Crippen LogP contribution in [0.5, 0.6) is 0 Å². The smallest absolute Gasteiger partial charge is 0.197 e. The summed E-state index contributed by atoms with van der Waals surface area (Å²) in [5, 5.41) is 0. The van der Waals surface area contributed by atoms with Crippen LogP contribution in [0.3, 0.4) is 0 Å². The Kier molecular flexibility index (Phi) is 5.76. The number of benzene rings is 5. The highest BCUT2D eigenvalue weighted by Gasteiger charge is 2.81. The lowest BCUT2D eigenvalue weighted by molar-refractivity contribution is 0.0619. The second kappa shape index (κ2) is 9.54. The molecule has 1 heterocycles. The molecule has 5 nitrogen and oxygen atoms in total. The highest BCUT2D eigenvalue weighted by atomic mass is 16.2. The van der Waals surface area contributed by atoms with Crippen LogP contribution < -0.4 is 4.90 Å². The van der Waals surface area contributed by atoms with Gasteiger partial charge in [0.1, 0.15) is 5.41 Å². The number of Topliss-reactive ketones (excluding diaryl/α,β-unsaturated/α-hetero) is 4. The molecule has 0 saturated carbocycles. The van der Waals surface area contributed by atoms with Crippen molar-refractivity contribution in [1.82, 2.24) is 0 Å². The Bertz CT molecular complexity index is 2020. The normalized spacial score (nSPS) is 20.7. The number of anilines is 1. The van der Waals surface area contributed by atoms with Crippen molar-refractivity contribution < 1.29 is 19.2 Å². The second-order valence-corrected chi connectivity index (χ2v) is 12.3. The maximum Gasteiger partial charge on any atom is 0.197 e. The number of carbonyl (C=O) groups excluding carboxylic acids is 4. The molecule has 5 heteroatoms. The number of hydrogen-bond donors (Lipinski definition) is 0. The molecule has 1 aliphatic heterocycles. The fourth-order valence-electron chi connectivity index (χ4n) is 8.45. The summed E-state index contributed by atoms with van der Waals surface area (Å²) in [5.41, 5.74) is 1.11. The highest BCUT2D eigenvalue weighted by molar-refractivity contribution is 6.39. The van der Waals surface area contributed by atoms with E-state index in [9.17, 15) is 0 Å². The van der Waals surface area contributed by atoms with Gasteiger partial charge in [0.25, 0.3) is 0 Å². The van der Waals surface area contributed by atoms with Crippen molar-refractivity contribution >= 4 is 28.8 Å². The molecule has 45 heavy (non-hydrogen) atoms. The molecule has 0 unspecified atom stereocenters. The molecule has 2 atom stereocenters. The molecule has 0 bridgehead atoms. The number of ketones is 4. The third-order valence-electron chi connectivity index (χ3n) is 10.2. The first-order chi connectivity index (χ1) is 21.9. The zero-order valence-corrected chi connectivity index (χ0v) is 24.9. The summed E-state index contributed by atoms with van der Waals surface area (Å²) in [5.74, 6) is -2.65. The Labute approximate surface area is 261 Å². The maximum absolute atomic E-state index is 15.4. The van der Waals surface area contributed by atoms with Crippen LogP contribution in [0.1, 0.15) is 75.6 Å². The molecular formula is C40H29NO4. The molecule has 218 valence electrons. The molecule has 1 fully saturated rings. The van der Waals surface area contributed by atoms with Crippen molar-refractivity contribution in [3.05, 3.63) is 172 Å². The minimum Gasteiger partial charge on any atom is -0.343 e. The number of carbonyl (C=O) groups is 4. The lowest BCUT2D eigenvalue weighted by Gasteiger charge is -2.40. The van der Waals surface area contributed by atoms with Gasteiger partial charge >= 0.3 is 0 Å². The first kappa shape index (κ1) is 27.2. The van der Waals surface area contributed by atoms with E-state index >= 15 is 19.2 Å². The van der Waals surface area contributed by atoms with Gasteiger partial charge in [0.2, 0.25) is 0 Å². The summed E-state index contributed by atoms with van der Waals surface area (Å²) in [6, 6.07) is 37.3. The van der Waals surface area contributed by atoms with E-state index in [0.29, 0.717) is 33.5 Å². The van der Waals surface area contributed by atoms with Crippen LogP contribution in [0.4, 0.5) is 5.69 Å². The molecule has 5 aromatic rings. The molecular weight excluding hydrogens is 558 g/mol. The Morgan fingerprint density at radius 1 is 0.467 bits per heavy atom. The van der Waals surface area contributed by atoms with Gasteiger partial charge in [-0.2, -0.15) is 0 Å². The molecule has 8 rings (SSSR count). The Morgan fingerprint density at radius 3 is 1.36 bits per heavy atom. The van der Waals surface area contributed by atoms with Crippen molar-refractivity contribution in [3.8, 4) is 0 Å². The summed E-state index contributed by atoms with van der Waals surface area (Å²) in [4.78, 5) is 63.2. The zero-order valence-electron chi connectivity index (χ0n) is 24.9. The highest BCUT2D eigenvalue weighted by Crippen LogP contribution is 2.70. The SMILES string of the molecule is Cc1ccccc1[C@@H]1N(c2ccccc2)C2(C(=O)c3ccccc3C2=O)[C@H](c2ccccc2C)C12C(=O)c1ccccc1C2=O. The molecule has 5 aromatic carbocycles. The average molecular weight is 588 g/mol. The number of hydrogen-bond acceptors (Lipinski definition) is 5. The molecule has 0 radical (unpaired) electrons. The van der Waals surface area contributed by atoms with E-state index in [2.05, 4.69) is 0 Å². The average Bonchev–Trinajstić information content (AvgIpc) is 3.57. The molecule has 2 spiro atoms. The van der Waals surface area contributed by atoms with E-state index in [1.165, 1.54) is 0 Å². The Balaban J connectivity index is 1.61. The topological polar surface area (TPSA) is 71.5 Å². The van der Waals surface area contributed by atoms with Crippen molar-refractivity contribution in [2.45, 2.75) is 31.3 Å². The zero-order chi connectivity index (χ0) is 31.1. The number of fused-ring (bicyclic) bond motifs is 2. The Morgan fingerprint density at radius 2 is 0.867 bits per heavy atom. The molecule has 0 aromatic heterocycles. The molecule has 3 aliphatic rings. The summed E-state index contributed by atoms with van der Waals surface area (Å²) < 4.78 is 0. The summed E-state index contributed by atoms with van der Waals surface area (Å²) >= 11 is 0. The van der Waals surface area contributed by atoms with Crippen LogP contribution in [-0.4, -0.2) is 28.7 Å². The fourth-order valence-corrected chi connectivity index (χ4v) is 8.45. The van der Waals surface area contributed by atoms with Crippen LogP contribution >= 0.6 is 0 Å². The van der Waals surface area contributed by atoms with Gasteiger partial charge in [-0.15, -0.1) is 0 Å². The van der Waals surface area contributed by atoms with Crippen molar-refractivity contribution in [2.75, 3.05) is 4.90 Å². The predicted octanol–water partition coefficient (Wildman–Crippen LogP) is 7.53. The third kappa shape index (κ3) is 3.22. The second-order valence-electron chi connectivity index (χ2n) is 12.3. The van der Waals surface area contributed by atoms with E-state index < -0.39 is 34.5 Å². The molecule has 0 amide bonds. The maximum atomic E-state index is 15.4. The van der Waals surface area contributed by atoms with Crippen molar-refractivity contribution in [3.63, 3.8) is 0 Å². The molecule has 2 aliphatic carbocycles. The summed E-state index contributed by atoms with van der Waals surface area (Å²) in [6.45, 7) is 3.86. The minimum atomic E-state index is -1.92. The van der Waals surface area contributed by atoms with Crippen molar-refractivity contribution in [1.29, 1.82) is 0 Å². The monoisotopic (exact) mass is 587 g/mol. The minimum absolute atomic E-state index is 0.304. The fraction of sp³-hybridized carbons (Fsp3) is 0.150. The van der Waals surface area contributed by atoms with Gasteiger partial charge in [-0.05, 0) is 48.2 Å². The van der Waals surface area contributed by atoms with E-state index in [1.54, 1.807) is 48.5 Å². The van der Waals surface area contributed by atoms with E-state index in [0.717, 1.165) is 16.7 Å². The lowest BCUT2D eigenvalue weighted by Crippen LogP contribution is -2.57. The van der Waals surface area contributed by atoms with Gasteiger partial charge in [0, 0.05) is 33.9 Å². The summed E-state index contributed by atoms with van der Waals surface area (Å²) in [6.07, 6.45) is 0. The number of aryl methyl sites for hydroxylation is 2. The molecule has 1 saturated heterocycles. The van der Waals surface area contributed by atoms with E-state index in [-0.39, 0.29) is 11.6 Å². The van der Waals surface area contributed by atoms with E-state index in [1.807, 2.05) is 97.6 Å². The van der Waals surface area contributed by atoms with Crippen LogP contribution in [0, 0.1) is 19.3 Å². The first-order valence-electron chi connectivity index (χ1n) is 15.2. The van der Waals surface area contributed by atoms with Crippen LogP contribution in [0.2, 0.25) is 0 Å². The first-order valence-corrected chi connectivity index (χ1v) is 15.2. The molecule has 0 N–H and O–H groups in total. The number of para-hydroxylation sites is 1. The van der Waals surface area contributed by atoms with E-state index in [4.69, 9.17) is 0 Å². The standard InChI is InChI=1S/C40H29NO4/c1-24-14-6-8-18-27(24)33-39(35(42)29-20-10-11-21-30(29)36(39)43)34(28-19-9-7-15-25(28)2)41(26-16-4-3-5-17-26)40(33)37(44)31-22-12-13-23-32(31)38(40)45/h3-23,33-34H,1-2H3/t33-,34+/m1/s1.